The van der Waals surface area contributed by atoms with E-state index in [-0.39, 0.29) is 6.10 Å². The molecule has 1 unspecified atom stereocenters. The summed E-state index contributed by atoms with van der Waals surface area (Å²) in [6, 6.07) is 13.0. The van der Waals surface area contributed by atoms with Crippen molar-refractivity contribution in [2.75, 3.05) is 19.7 Å². The summed E-state index contributed by atoms with van der Waals surface area (Å²) < 4.78 is 5.72. The lowest BCUT2D eigenvalue weighted by molar-refractivity contribution is 0.0251. The quantitative estimate of drug-likeness (QED) is 0.895. The fourth-order valence-corrected chi connectivity index (χ4v) is 2.38. The number of rotatable bonds is 3. The van der Waals surface area contributed by atoms with Crippen molar-refractivity contribution >= 4 is 5.91 Å². The SMILES string of the molecule is NC(=O)c1cccc(-c2cccc(C3CNCCO3)n2)c1. The summed E-state index contributed by atoms with van der Waals surface area (Å²) in [4.78, 5) is 15.9. The zero-order valence-electron chi connectivity index (χ0n) is 11.6. The van der Waals surface area contributed by atoms with E-state index in [0.717, 1.165) is 30.0 Å². The lowest BCUT2D eigenvalue weighted by Gasteiger charge is -2.23. The highest BCUT2D eigenvalue weighted by Crippen LogP contribution is 2.22. The summed E-state index contributed by atoms with van der Waals surface area (Å²) in [5.41, 5.74) is 8.38. The third-order valence-electron chi connectivity index (χ3n) is 3.47. The van der Waals surface area contributed by atoms with Crippen LogP contribution in [-0.2, 0) is 4.74 Å². The van der Waals surface area contributed by atoms with Crippen LogP contribution >= 0.6 is 0 Å². The van der Waals surface area contributed by atoms with Gasteiger partial charge in [0.15, 0.2) is 0 Å². The molecule has 1 aromatic heterocycles. The fraction of sp³-hybridized carbons (Fsp3) is 0.250. The molecule has 3 N–H and O–H groups in total. The third kappa shape index (κ3) is 3.09. The van der Waals surface area contributed by atoms with Crippen molar-refractivity contribution in [1.29, 1.82) is 0 Å². The number of benzene rings is 1. The molecule has 0 radical (unpaired) electrons. The van der Waals surface area contributed by atoms with E-state index in [1.165, 1.54) is 0 Å². The number of nitrogens with one attached hydrogen (secondary N) is 1. The molecular weight excluding hydrogens is 266 g/mol. The van der Waals surface area contributed by atoms with E-state index in [9.17, 15) is 4.79 Å². The van der Waals surface area contributed by atoms with Gasteiger partial charge in [-0.05, 0) is 24.3 Å². The van der Waals surface area contributed by atoms with Crippen molar-refractivity contribution in [3.05, 3.63) is 53.7 Å². The number of carbonyl (C=O) groups excluding carboxylic acids is 1. The largest absolute Gasteiger partial charge is 0.369 e. The molecule has 0 spiro atoms. The normalized spacial score (nSPS) is 18.4. The summed E-state index contributed by atoms with van der Waals surface area (Å²) >= 11 is 0. The molecule has 1 atom stereocenters. The first-order chi connectivity index (χ1) is 10.2. The van der Waals surface area contributed by atoms with E-state index in [1.807, 2.05) is 30.3 Å². The van der Waals surface area contributed by atoms with Crippen LogP contribution in [-0.4, -0.2) is 30.6 Å². The summed E-state index contributed by atoms with van der Waals surface area (Å²) in [6.07, 6.45) is -0.0296. The second-order valence-corrected chi connectivity index (χ2v) is 4.96. The monoisotopic (exact) mass is 283 g/mol. The fourth-order valence-electron chi connectivity index (χ4n) is 2.38. The summed E-state index contributed by atoms with van der Waals surface area (Å²) in [7, 11) is 0. The van der Waals surface area contributed by atoms with Gasteiger partial charge in [-0.25, -0.2) is 0 Å². The Bertz CT molecular complexity index is 651. The van der Waals surface area contributed by atoms with Gasteiger partial charge in [0, 0.05) is 24.2 Å². The number of ether oxygens (including phenoxy) is 1. The van der Waals surface area contributed by atoms with Crippen LogP contribution in [0.3, 0.4) is 0 Å². The Morgan fingerprint density at radius 1 is 1.29 bits per heavy atom. The van der Waals surface area contributed by atoms with Gasteiger partial charge in [-0.2, -0.15) is 0 Å². The number of carbonyl (C=O) groups is 1. The second kappa shape index (κ2) is 6.03. The van der Waals surface area contributed by atoms with E-state index in [2.05, 4.69) is 10.3 Å². The Hall–Kier alpha value is -2.24. The summed E-state index contributed by atoms with van der Waals surface area (Å²) in [6.45, 7) is 2.32. The molecule has 1 aromatic carbocycles. The number of nitrogens with zero attached hydrogens (tertiary/aromatic N) is 1. The molecule has 2 heterocycles. The van der Waals surface area contributed by atoms with Crippen LogP contribution < -0.4 is 11.1 Å². The third-order valence-corrected chi connectivity index (χ3v) is 3.47. The van der Waals surface area contributed by atoms with Crippen molar-refractivity contribution in [2.45, 2.75) is 6.10 Å². The maximum Gasteiger partial charge on any atom is 0.248 e. The number of hydrogen-bond donors (Lipinski definition) is 2. The first-order valence-electron chi connectivity index (χ1n) is 6.93. The van der Waals surface area contributed by atoms with Gasteiger partial charge in [0.25, 0.3) is 0 Å². The van der Waals surface area contributed by atoms with Gasteiger partial charge < -0.3 is 15.8 Å². The number of morpholine rings is 1. The van der Waals surface area contributed by atoms with Gasteiger partial charge in [0.2, 0.25) is 5.91 Å². The van der Waals surface area contributed by atoms with Gasteiger partial charge in [0.05, 0.1) is 18.0 Å². The Morgan fingerprint density at radius 2 is 2.14 bits per heavy atom. The van der Waals surface area contributed by atoms with Gasteiger partial charge in [-0.15, -0.1) is 0 Å². The number of primary amides is 1. The number of hydrogen-bond acceptors (Lipinski definition) is 4. The van der Waals surface area contributed by atoms with E-state index in [4.69, 9.17) is 10.5 Å². The highest BCUT2D eigenvalue weighted by atomic mass is 16.5. The van der Waals surface area contributed by atoms with Gasteiger partial charge in [0.1, 0.15) is 6.10 Å². The smallest absolute Gasteiger partial charge is 0.248 e. The maximum absolute atomic E-state index is 11.3. The molecule has 5 nitrogen and oxygen atoms in total. The van der Waals surface area contributed by atoms with Crippen LogP contribution in [0.2, 0.25) is 0 Å². The van der Waals surface area contributed by atoms with Gasteiger partial charge in [-0.3, -0.25) is 9.78 Å². The molecule has 1 saturated heterocycles. The van der Waals surface area contributed by atoms with Crippen molar-refractivity contribution in [3.63, 3.8) is 0 Å². The molecule has 1 fully saturated rings. The Labute approximate surface area is 123 Å². The standard InChI is InChI=1S/C16H17N3O2/c17-16(20)12-4-1-3-11(9-12)13-5-2-6-14(19-13)15-10-18-7-8-21-15/h1-6,9,15,18H,7-8,10H2,(H2,17,20). The minimum atomic E-state index is -0.437. The number of pyridine rings is 1. The first-order valence-corrected chi connectivity index (χ1v) is 6.93. The topological polar surface area (TPSA) is 77.2 Å². The molecule has 21 heavy (non-hydrogen) atoms. The summed E-state index contributed by atoms with van der Waals surface area (Å²) in [5, 5.41) is 3.29. The molecule has 0 aliphatic carbocycles. The predicted octanol–water partition coefficient (Wildman–Crippen LogP) is 1.51. The van der Waals surface area contributed by atoms with Gasteiger partial charge in [-0.1, -0.05) is 18.2 Å². The molecular formula is C16H17N3O2. The van der Waals surface area contributed by atoms with Crippen molar-refractivity contribution < 1.29 is 9.53 Å². The molecule has 1 aliphatic heterocycles. The van der Waals surface area contributed by atoms with E-state index < -0.39 is 5.91 Å². The molecule has 3 rings (SSSR count). The molecule has 0 bridgehead atoms. The first kappa shape index (κ1) is 13.7. The lowest BCUT2D eigenvalue weighted by atomic mass is 10.1. The lowest BCUT2D eigenvalue weighted by Crippen LogP contribution is -2.33. The summed E-state index contributed by atoms with van der Waals surface area (Å²) in [5.74, 6) is -0.437. The molecule has 1 amide bonds. The molecule has 0 saturated carbocycles. The van der Waals surface area contributed by atoms with Gasteiger partial charge >= 0.3 is 0 Å². The number of nitrogens with two attached hydrogens (primary N) is 1. The molecule has 108 valence electrons. The molecule has 1 aliphatic rings. The average Bonchev–Trinajstić information content (AvgIpc) is 2.56. The van der Waals surface area contributed by atoms with Crippen LogP contribution in [0, 0.1) is 0 Å². The number of amides is 1. The van der Waals surface area contributed by atoms with Crippen LogP contribution in [0.5, 0.6) is 0 Å². The average molecular weight is 283 g/mol. The predicted molar refractivity (Wildman–Crippen MR) is 79.8 cm³/mol. The number of aromatic nitrogens is 1. The highest BCUT2D eigenvalue weighted by Gasteiger charge is 2.17. The second-order valence-electron chi connectivity index (χ2n) is 4.96. The Kier molecular flexibility index (Phi) is 3.94. The Morgan fingerprint density at radius 3 is 2.90 bits per heavy atom. The van der Waals surface area contributed by atoms with Crippen LogP contribution in [0.1, 0.15) is 22.2 Å². The highest BCUT2D eigenvalue weighted by molar-refractivity contribution is 5.93. The van der Waals surface area contributed by atoms with Crippen LogP contribution in [0.4, 0.5) is 0 Å². The zero-order chi connectivity index (χ0) is 14.7. The van der Waals surface area contributed by atoms with Crippen molar-refractivity contribution in [1.82, 2.24) is 10.3 Å². The van der Waals surface area contributed by atoms with Crippen molar-refractivity contribution in [2.24, 2.45) is 5.73 Å². The maximum atomic E-state index is 11.3. The van der Waals surface area contributed by atoms with E-state index in [1.54, 1.807) is 12.1 Å². The van der Waals surface area contributed by atoms with Crippen LogP contribution in [0.15, 0.2) is 42.5 Å². The van der Waals surface area contributed by atoms with Crippen molar-refractivity contribution in [3.8, 4) is 11.3 Å². The van der Waals surface area contributed by atoms with Crippen LogP contribution in [0.25, 0.3) is 11.3 Å². The zero-order valence-corrected chi connectivity index (χ0v) is 11.6. The van der Waals surface area contributed by atoms with E-state index in [0.29, 0.717) is 12.2 Å². The Balaban J connectivity index is 1.92. The minimum Gasteiger partial charge on any atom is -0.369 e. The minimum absolute atomic E-state index is 0.0296. The molecule has 2 aromatic rings. The molecule has 5 heteroatoms. The van der Waals surface area contributed by atoms with E-state index >= 15 is 0 Å².